The molecule has 4 nitrogen and oxygen atoms in total. The molecule has 3 aliphatic heterocycles. The average molecular weight is 332 g/mol. The van der Waals surface area contributed by atoms with E-state index >= 15 is 0 Å². The number of fused-ring (bicyclic) bond motifs is 2. The van der Waals surface area contributed by atoms with Crippen LogP contribution in [0.15, 0.2) is 12.2 Å². The van der Waals surface area contributed by atoms with Crippen molar-refractivity contribution in [2.75, 3.05) is 0 Å². The van der Waals surface area contributed by atoms with Crippen LogP contribution in [0.3, 0.4) is 0 Å². The quantitative estimate of drug-likeness (QED) is 0.670. The summed E-state index contributed by atoms with van der Waals surface area (Å²) in [6.45, 7) is 6.47. The van der Waals surface area contributed by atoms with E-state index in [2.05, 4.69) is 13.5 Å². The first kappa shape index (κ1) is 14.7. The van der Waals surface area contributed by atoms with E-state index in [0.29, 0.717) is 17.8 Å². The zero-order valence-electron chi connectivity index (χ0n) is 14.4. The third-order valence-electron chi connectivity index (χ3n) is 9.49. The van der Waals surface area contributed by atoms with Gasteiger partial charge < -0.3 is 19.7 Å². The smallest absolute Gasteiger partial charge is 0.167 e. The van der Waals surface area contributed by atoms with Gasteiger partial charge in [0.05, 0.1) is 12.2 Å². The summed E-state index contributed by atoms with van der Waals surface area (Å²) in [6, 6.07) is 0. The fourth-order valence-corrected chi connectivity index (χ4v) is 8.44. The number of ether oxygens (including phenoxy) is 2. The van der Waals surface area contributed by atoms with E-state index in [1.807, 2.05) is 0 Å². The average Bonchev–Trinajstić information content (AvgIpc) is 2.58. The van der Waals surface area contributed by atoms with Gasteiger partial charge in [0.15, 0.2) is 12.6 Å². The molecular weight excluding hydrogens is 304 g/mol. The van der Waals surface area contributed by atoms with Gasteiger partial charge in [-0.25, -0.2) is 0 Å². The third-order valence-corrected chi connectivity index (χ3v) is 9.49. The van der Waals surface area contributed by atoms with Crippen LogP contribution in [0.1, 0.15) is 51.9 Å². The molecule has 5 aliphatic carbocycles. The van der Waals surface area contributed by atoms with Crippen LogP contribution in [0.4, 0.5) is 0 Å². The van der Waals surface area contributed by atoms with Gasteiger partial charge >= 0.3 is 0 Å². The second-order valence-corrected chi connectivity index (χ2v) is 9.82. The van der Waals surface area contributed by atoms with Gasteiger partial charge in [0.1, 0.15) is 0 Å². The zero-order chi connectivity index (χ0) is 16.5. The first-order chi connectivity index (χ1) is 11.4. The molecule has 0 aromatic heterocycles. The maximum Gasteiger partial charge on any atom is 0.167 e. The molecule has 3 saturated heterocycles. The minimum atomic E-state index is -0.711. The van der Waals surface area contributed by atoms with Crippen LogP contribution in [0.2, 0.25) is 0 Å². The molecule has 8 aliphatic rings. The molecule has 132 valence electrons. The molecule has 5 unspecified atom stereocenters. The monoisotopic (exact) mass is 332 g/mol. The lowest BCUT2D eigenvalue weighted by atomic mass is 9.33. The SMILES string of the molecule is C=C1C2CC[C@]3(C(C2)C24CCC[C@@]5(C)C(O)OC2O[C@H]3C[C@@H]45)[C@@H]1O. The predicted octanol–water partition coefficient (Wildman–Crippen LogP) is 2.59. The van der Waals surface area contributed by atoms with Gasteiger partial charge in [0.25, 0.3) is 0 Å². The summed E-state index contributed by atoms with van der Waals surface area (Å²) in [7, 11) is 0. The van der Waals surface area contributed by atoms with E-state index < -0.39 is 12.4 Å². The van der Waals surface area contributed by atoms with E-state index in [4.69, 9.17) is 9.47 Å². The third kappa shape index (κ3) is 1.25. The van der Waals surface area contributed by atoms with Gasteiger partial charge in [-0.1, -0.05) is 19.9 Å². The first-order valence-electron chi connectivity index (χ1n) is 9.80. The highest BCUT2D eigenvalue weighted by Crippen LogP contribution is 2.78. The molecule has 7 bridgehead atoms. The van der Waals surface area contributed by atoms with Crippen LogP contribution < -0.4 is 0 Å². The molecule has 24 heavy (non-hydrogen) atoms. The van der Waals surface area contributed by atoms with Crippen LogP contribution in [0, 0.1) is 34.0 Å². The molecule has 0 radical (unpaired) electrons. The minimum absolute atomic E-state index is 0.0126. The number of rotatable bonds is 0. The molecule has 5 saturated carbocycles. The van der Waals surface area contributed by atoms with Crippen molar-refractivity contribution < 1.29 is 19.7 Å². The van der Waals surface area contributed by atoms with Crippen LogP contribution in [-0.4, -0.2) is 35.0 Å². The van der Waals surface area contributed by atoms with Crippen molar-refractivity contribution in [3.05, 3.63) is 12.2 Å². The molecule has 8 rings (SSSR count). The van der Waals surface area contributed by atoms with Crippen LogP contribution in [0.25, 0.3) is 0 Å². The molecular formula is C20H28O4. The number of aliphatic hydroxyl groups excluding tert-OH is 2. The maximum absolute atomic E-state index is 11.2. The number of hydrogen-bond acceptors (Lipinski definition) is 4. The van der Waals surface area contributed by atoms with Crippen LogP contribution >= 0.6 is 0 Å². The largest absolute Gasteiger partial charge is 0.388 e. The van der Waals surface area contributed by atoms with E-state index in [1.54, 1.807) is 0 Å². The number of hydrogen-bond donors (Lipinski definition) is 2. The molecule has 0 aromatic rings. The summed E-state index contributed by atoms with van der Waals surface area (Å²) in [6.07, 6.45) is 6.26. The first-order valence-corrected chi connectivity index (χ1v) is 9.80. The Hall–Kier alpha value is -0.420. The van der Waals surface area contributed by atoms with Crippen molar-refractivity contribution in [1.29, 1.82) is 0 Å². The summed E-state index contributed by atoms with van der Waals surface area (Å²) in [5, 5.41) is 21.8. The van der Waals surface area contributed by atoms with E-state index in [1.165, 1.54) is 0 Å². The van der Waals surface area contributed by atoms with Gasteiger partial charge in [-0.15, -0.1) is 0 Å². The Kier molecular flexibility index (Phi) is 2.52. The van der Waals surface area contributed by atoms with Crippen LogP contribution in [-0.2, 0) is 9.47 Å². The fraction of sp³-hybridized carbons (Fsp3) is 0.900. The van der Waals surface area contributed by atoms with Crippen LogP contribution in [0.5, 0.6) is 0 Å². The van der Waals surface area contributed by atoms with Crippen molar-refractivity contribution in [2.24, 2.45) is 34.0 Å². The Morgan fingerprint density at radius 3 is 2.71 bits per heavy atom. The Labute approximate surface area is 143 Å². The van der Waals surface area contributed by atoms with Gasteiger partial charge in [-0.05, 0) is 61.9 Å². The highest BCUT2D eigenvalue weighted by Gasteiger charge is 2.79. The molecule has 2 N–H and O–H groups in total. The van der Waals surface area contributed by atoms with Crippen molar-refractivity contribution in [3.63, 3.8) is 0 Å². The molecule has 0 aromatic carbocycles. The van der Waals surface area contributed by atoms with Gasteiger partial charge in [0.2, 0.25) is 0 Å². The summed E-state index contributed by atoms with van der Waals surface area (Å²) in [5.41, 5.74) is 0.732. The van der Waals surface area contributed by atoms with Crippen molar-refractivity contribution in [3.8, 4) is 0 Å². The second-order valence-electron chi connectivity index (χ2n) is 9.82. The standard InChI is InChI=1S/C20H28O4/c1-10-11-4-7-20(15(10)21)13(8-11)19-6-3-5-18(2)12(19)9-14(20)23-17(19)24-16(18)22/h11-17,21-22H,1,3-9H2,2H3/t11?,12-,13?,14+,15-,16?,17?,18-,19?,20-/m1/s1. The molecule has 3 heterocycles. The Morgan fingerprint density at radius 2 is 1.88 bits per heavy atom. The molecule has 10 atom stereocenters. The van der Waals surface area contributed by atoms with Crippen molar-refractivity contribution in [2.45, 2.75) is 76.7 Å². The second kappa shape index (κ2) is 4.11. The predicted molar refractivity (Wildman–Crippen MR) is 86.7 cm³/mol. The lowest BCUT2D eigenvalue weighted by Gasteiger charge is -2.78. The minimum Gasteiger partial charge on any atom is -0.388 e. The van der Waals surface area contributed by atoms with E-state index in [0.717, 1.165) is 50.5 Å². The van der Waals surface area contributed by atoms with E-state index in [9.17, 15) is 10.2 Å². The zero-order valence-corrected chi connectivity index (χ0v) is 14.4. The Bertz CT molecular complexity index is 633. The summed E-state index contributed by atoms with van der Waals surface area (Å²) in [4.78, 5) is 0. The molecule has 8 fully saturated rings. The normalized spacial score (nSPS) is 66.5. The fourth-order valence-electron chi connectivity index (χ4n) is 8.44. The topological polar surface area (TPSA) is 58.9 Å². The van der Waals surface area contributed by atoms with Crippen molar-refractivity contribution >= 4 is 0 Å². The highest BCUT2D eigenvalue weighted by molar-refractivity contribution is 5.31. The lowest BCUT2D eigenvalue weighted by molar-refractivity contribution is -0.472. The van der Waals surface area contributed by atoms with Gasteiger partial charge in [-0.3, -0.25) is 0 Å². The molecule has 2 spiro atoms. The van der Waals surface area contributed by atoms with Gasteiger partial charge in [0, 0.05) is 16.2 Å². The molecule has 0 amide bonds. The molecule has 4 heteroatoms. The van der Waals surface area contributed by atoms with Gasteiger partial charge in [-0.2, -0.15) is 0 Å². The highest BCUT2D eigenvalue weighted by atomic mass is 16.7. The maximum atomic E-state index is 11.2. The van der Waals surface area contributed by atoms with E-state index in [-0.39, 0.29) is 28.6 Å². The summed E-state index contributed by atoms with van der Waals surface area (Å²) in [5.74, 6) is 1.37. The summed E-state index contributed by atoms with van der Waals surface area (Å²) >= 11 is 0. The van der Waals surface area contributed by atoms with Crippen molar-refractivity contribution in [1.82, 2.24) is 0 Å². The summed E-state index contributed by atoms with van der Waals surface area (Å²) < 4.78 is 12.6. The number of aliphatic hydroxyl groups is 2. The Morgan fingerprint density at radius 1 is 1.04 bits per heavy atom. The Balaban J connectivity index is 1.56. The lowest BCUT2D eigenvalue weighted by Crippen LogP contribution is -2.80.